The summed E-state index contributed by atoms with van der Waals surface area (Å²) in [5.74, 6) is 0. The highest BCUT2D eigenvalue weighted by Gasteiger charge is 2.30. The van der Waals surface area contributed by atoms with Gasteiger partial charge in [0, 0.05) is 14.1 Å². The average molecular weight is 470 g/mol. The van der Waals surface area contributed by atoms with E-state index in [9.17, 15) is 13.2 Å². The van der Waals surface area contributed by atoms with Crippen LogP contribution < -0.4 is 5.73 Å². The highest BCUT2D eigenvalue weighted by molar-refractivity contribution is 14.1. The van der Waals surface area contributed by atoms with Crippen molar-refractivity contribution < 1.29 is 13.2 Å². The van der Waals surface area contributed by atoms with Gasteiger partial charge in [-0.25, -0.2) is 0 Å². The summed E-state index contributed by atoms with van der Waals surface area (Å²) in [7, 11) is 0. The fourth-order valence-electron chi connectivity index (χ4n) is 2.04. The molecule has 1 unspecified atom stereocenters. The van der Waals surface area contributed by atoms with E-state index < -0.39 is 11.7 Å². The van der Waals surface area contributed by atoms with Gasteiger partial charge in [0.1, 0.15) is 0 Å². The fourth-order valence-corrected chi connectivity index (χ4v) is 3.09. The van der Waals surface area contributed by atoms with Crippen molar-refractivity contribution in [2.45, 2.75) is 18.6 Å². The number of alkyl halides is 3. The zero-order chi connectivity index (χ0) is 15.6. The third-order valence-electron chi connectivity index (χ3n) is 3.07. The van der Waals surface area contributed by atoms with E-state index in [4.69, 9.17) is 5.73 Å². The van der Waals surface area contributed by atoms with E-state index in [1.54, 1.807) is 6.07 Å². The number of rotatable bonds is 3. The predicted octanol–water partition coefficient (Wildman–Crippen LogP) is 5.32. The Hall–Kier alpha value is -0.600. The van der Waals surface area contributed by atoms with Crippen molar-refractivity contribution in [3.05, 3.63) is 67.2 Å². The molecule has 0 heterocycles. The smallest absolute Gasteiger partial charge is 0.324 e. The third kappa shape index (κ3) is 4.43. The van der Waals surface area contributed by atoms with Gasteiger partial charge in [-0.05, 0) is 64.4 Å². The molecule has 0 saturated carbocycles. The molecule has 2 aromatic rings. The van der Waals surface area contributed by atoms with Crippen molar-refractivity contribution >= 4 is 38.5 Å². The largest absolute Gasteiger partial charge is 0.416 e. The maximum Gasteiger partial charge on any atom is 0.416 e. The second-order valence-corrected chi connectivity index (χ2v) is 6.77. The van der Waals surface area contributed by atoms with Crippen molar-refractivity contribution in [1.29, 1.82) is 0 Å². The summed E-state index contributed by atoms with van der Waals surface area (Å²) >= 11 is 5.60. The van der Waals surface area contributed by atoms with Crippen LogP contribution in [0.3, 0.4) is 0 Å². The molecule has 6 heteroatoms. The molecule has 112 valence electrons. The van der Waals surface area contributed by atoms with Crippen LogP contribution in [0.5, 0.6) is 0 Å². The summed E-state index contributed by atoms with van der Waals surface area (Å²) in [5.41, 5.74) is 6.96. The quantitative estimate of drug-likeness (QED) is 0.605. The molecule has 2 aromatic carbocycles. The van der Waals surface area contributed by atoms with Gasteiger partial charge in [-0.2, -0.15) is 13.2 Å². The van der Waals surface area contributed by atoms with E-state index >= 15 is 0 Å². The van der Waals surface area contributed by atoms with Crippen molar-refractivity contribution in [2.75, 3.05) is 0 Å². The Balaban J connectivity index is 2.23. The van der Waals surface area contributed by atoms with Gasteiger partial charge < -0.3 is 5.73 Å². The molecule has 21 heavy (non-hydrogen) atoms. The molecule has 0 spiro atoms. The molecule has 0 aliphatic rings. The fraction of sp³-hybridized carbons (Fsp3) is 0.200. The Morgan fingerprint density at radius 1 is 1.14 bits per heavy atom. The first kappa shape index (κ1) is 16.8. The molecule has 1 nitrogen and oxygen atoms in total. The molecular weight excluding hydrogens is 458 g/mol. The zero-order valence-electron chi connectivity index (χ0n) is 10.8. The minimum absolute atomic E-state index is 0.350. The highest BCUT2D eigenvalue weighted by Crippen LogP contribution is 2.31. The lowest BCUT2D eigenvalue weighted by molar-refractivity contribution is -0.137. The summed E-state index contributed by atoms with van der Waals surface area (Å²) in [4.78, 5) is 0. The number of hydrogen-bond donors (Lipinski definition) is 1. The Bertz CT molecular complexity index is 643. The Morgan fingerprint density at radius 2 is 1.86 bits per heavy atom. The number of benzene rings is 2. The summed E-state index contributed by atoms with van der Waals surface area (Å²) < 4.78 is 40.0. The maximum atomic E-state index is 12.7. The number of halogens is 5. The molecule has 0 aromatic heterocycles. The Morgan fingerprint density at radius 3 is 2.52 bits per heavy atom. The summed E-state index contributed by atoms with van der Waals surface area (Å²) in [6.45, 7) is 0. The third-order valence-corrected chi connectivity index (χ3v) is 4.46. The molecule has 0 bridgehead atoms. The Labute approximate surface area is 143 Å². The molecule has 0 fully saturated rings. The van der Waals surface area contributed by atoms with Crippen LogP contribution in [0, 0.1) is 3.57 Å². The van der Waals surface area contributed by atoms with Crippen molar-refractivity contribution in [3.63, 3.8) is 0 Å². The Kier molecular flexibility index (Phi) is 5.32. The average Bonchev–Trinajstić information content (AvgIpc) is 2.41. The minimum Gasteiger partial charge on any atom is -0.324 e. The van der Waals surface area contributed by atoms with Gasteiger partial charge in [-0.1, -0.05) is 34.1 Å². The zero-order valence-corrected chi connectivity index (χ0v) is 14.5. The van der Waals surface area contributed by atoms with Crippen molar-refractivity contribution in [2.24, 2.45) is 5.73 Å². The van der Waals surface area contributed by atoms with Gasteiger partial charge in [-0.3, -0.25) is 0 Å². The molecule has 1 atom stereocenters. The molecule has 2 N–H and O–H groups in total. The number of hydrogen-bond acceptors (Lipinski definition) is 1. The van der Waals surface area contributed by atoms with Crippen LogP contribution in [0.15, 0.2) is 46.9 Å². The van der Waals surface area contributed by atoms with Crippen LogP contribution in [-0.2, 0) is 12.6 Å². The standard InChI is InChI=1S/C15H12BrF3IN/c16-13-5-4-11(20)8-12(13)14(21)7-9-2-1-3-10(6-9)15(17,18)19/h1-6,8,14H,7,21H2. The van der Waals surface area contributed by atoms with E-state index in [2.05, 4.69) is 38.5 Å². The molecule has 0 aliphatic carbocycles. The molecule has 0 aliphatic heterocycles. The molecule has 0 saturated heterocycles. The summed E-state index contributed by atoms with van der Waals surface area (Å²) in [6, 6.07) is 10.7. The van der Waals surface area contributed by atoms with Gasteiger partial charge >= 0.3 is 6.18 Å². The van der Waals surface area contributed by atoms with E-state index in [1.165, 1.54) is 6.07 Å². The summed E-state index contributed by atoms with van der Waals surface area (Å²) in [6.07, 6.45) is -3.98. The minimum atomic E-state index is -4.33. The predicted molar refractivity (Wildman–Crippen MR) is 88.9 cm³/mol. The van der Waals surface area contributed by atoms with Crippen LogP contribution >= 0.6 is 38.5 Å². The van der Waals surface area contributed by atoms with Gasteiger partial charge in [0.25, 0.3) is 0 Å². The van der Waals surface area contributed by atoms with Crippen molar-refractivity contribution in [1.82, 2.24) is 0 Å². The van der Waals surface area contributed by atoms with Gasteiger partial charge in [0.2, 0.25) is 0 Å². The second-order valence-electron chi connectivity index (χ2n) is 4.67. The van der Waals surface area contributed by atoms with Crippen molar-refractivity contribution in [3.8, 4) is 0 Å². The van der Waals surface area contributed by atoms with E-state index in [0.29, 0.717) is 12.0 Å². The SMILES string of the molecule is NC(Cc1cccc(C(F)(F)F)c1)c1cc(I)ccc1Br. The van der Waals surface area contributed by atoms with E-state index in [0.717, 1.165) is 25.7 Å². The molecular formula is C15H12BrF3IN. The topological polar surface area (TPSA) is 26.0 Å². The van der Waals surface area contributed by atoms with Crippen LogP contribution in [0.2, 0.25) is 0 Å². The molecule has 2 rings (SSSR count). The summed E-state index contributed by atoms with van der Waals surface area (Å²) in [5, 5.41) is 0. The molecule has 0 radical (unpaired) electrons. The van der Waals surface area contributed by atoms with E-state index in [-0.39, 0.29) is 6.04 Å². The normalized spacial score (nSPS) is 13.2. The van der Waals surface area contributed by atoms with Gasteiger partial charge in [0.05, 0.1) is 5.56 Å². The number of nitrogens with two attached hydrogens (primary N) is 1. The van der Waals surface area contributed by atoms with Crippen LogP contribution in [-0.4, -0.2) is 0 Å². The van der Waals surface area contributed by atoms with E-state index in [1.807, 2.05) is 18.2 Å². The second kappa shape index (κ2) is 6.66. The van der Waals surface area contributed by atoms with Crippen LogP contribution in [0.4, 0.5) is 13.2 Å². The van der Waals surface area contributed by atoms with Crippen LogP contribution in [0.1, 0.15) is 22.7 Å². The molecule has 0 amide bonds. The van der Waals surface area contributed by atoms with Gasteiger partial charge in [-0.15, -0.1) is 0 Å². The van der Waals surface area contributed by atoms with Crippen LogP contribution in [0.25, 0.3) is 0 Å². The first-order chi connectivity index (χ1) is 9.77. The monoisotopic (exact) mass is 469 g/mol. The lowest BCUT2D eigenvalue weighted by atomic mass is 9.98. The first-order valence-electron chi connectivity index (χ1n) is 6.14. The maximum absolute atomic E-state index is 12.7. The highest BCUT2D eigenvalue weighted by atomic mass is 127. The first-order valence-corrected chi connectivity index (χ1v) is 8.01. The van der Waals surface area contributed by atoms with Gasteiger partial charge in [0.15, 0.2) is 0 Å². The lowest BCUT2D eigenvalue weighted by Crippen LogP contribution is -2.15. The lowest BCUT2D eigenvalue weighted by Gasteiger charge is -2.15.